The van der Waals surface area contributed by atoms with Crippen LogP contribution in [0, 0.1) is 10.1 Å². The third kappa shape index (κ3) is 2.76. The second-order valence-corrected chi connectivity index (χ2v) is 5.80. The van der Waals surface area contributed by atoms with Crippen LogP contribution < -0.4 is 5.32 Å². The molecule has 8 heteroatoms. The first kappa shape index (κ1) is 14.8. The molecule has 0 saturated heterocycles. The first-order valence-electron chi connectivity index (χ1n) is 7.18. The van der Waals surface area contributed by atoms with Gasteiger partial charge < -0.3 is 9.88 Å². The molecule has 2 heterocycles. The lowest BCUT2D eigenvalue weighted by Gasteiger charge is -2.19. The highest BCUT2D eigenvalue weighted by atomic mass is 35.5. The number of nitrogens with zero attached hydrogens (tertiary/aromatic N) is 4. The predicted octanol–water partition coefficient (Wildman–Crippen LogP) is 3.35. The number of aryl methyl sites for hydroxylation is 1. The summed E-state index contributed by atoms with van der Waals surface area (Å²) in [6.07, 6.45) is 3.16. The topological polar surface area (TPSA) is 85.9 Å². The van der Waals surface area contributed by atoms with Crippen LogP contribution in [0.1, 0.15) is 37.5 Å². The molecule has 7 nitrogen and oxygen atoms in total. The normalized spacial score (nSPS) is 15.2. The Hall–Kier alpha value is -2.15. The van der Waals surface area contributed by atoms with Gasteiger partial charge in [-0.25, -0.2) is 0 Å². The largest absolute Gasteiger partial charge is 0.370 e. The summed E-state index contributed by atoms with van der Waals surface area (Å²) < 4.78 is 2.10. The van der Waals surface area contributed by atoms with E-state index in [1.807, 2.05) is 6.92 Å². The third-order valence-electron chi connectivity index (χ3n) is 3.80. The molecule has 1 aromatic heterocycles. The van der Waals surface area contributed by atoms with Crippen molar-refractivity contribution >= 4 is 23.0 Å². The van der Waals surface area contributed by atoms with Crippen molar-refractivity contribution in [3.8, 4) is 0 Å². The van der Waals surface area contributed by atoms with E-state index >= 15 is 0 Å². The number of anilines is 1. The van der Waals surface area contributed by atoms with E-state index in [9.17, 15) is 10.1 Å². The number of aromatic nitrogens is 3. The van der Waals surface area contributed by atoms with Gasteiger partial charge in [0.05, 0.1) is 11.0 Å². The molecule has 2 aromatic rings. The molecule has 0 saturated carbocycles. The van der Waals surface area contributed by atoms with Gasteiger partial charge in [-0.05, 0) is 31.9 Å². The quantitative estimate of drug-likeness (QED) is 0.689. The molecule has 0 fully saturated rings. The fraction of sp³-hybridized carbons (Fsp3) is 0.429. The number of fused-ring (bicyclic) bond motifs is 1. The summed E-state index contributed by atoms with van der Waals surface area (Å²) in [7, 11) is 0. The predicted molar refractivity (Wildman–Crippen MR) is 83.1 cm³/mol. The average molecular weight is 322 g/mol. The second-order valence-electron chi connectivity index (χ2n) is 5.37. The van der Waals surface area contributed by atoms with E-state index < -0.39 is 4.92 Å². The van der Waals surface area contributed by atoms with Gasteiger partial charge >= 0.3 is 0 Å². The Labute approximate surface area is 132 Å². The van der Waals surface area contributed by atoms with Gasteiger partial charge in [0, 0.05) is 24.1 Å². The van der Waals surface area contributed by atoms with Crippen molar-refractivity contribution in [2.45, 2.75) is 38.8 Å². The van der Waals surface area contributed by atoms with Gasteiger partial charge in [-0.1, -0.05) is 11.6 Å². The molecule has 0 spiro atoms. The molecule has 116 valence electrons. The van der Waals surface area contributed by atoms with Gasteiger partial charge in [-0.15, -0.1) is 10.2 Å². The molecule has 1 N–H and O–H groups in total. The van der Waals surface area contributed by atoms with Crippen molar-refractivity contribution in [2.75, 3.05) is 5.32 Å². The maximum atomic E-state index is 11.1. The average Bonchev–Trinajstić information content (AvgIpc) is 2.93. The zero-order valence-electron chi connectivity index (χ0n) is 12.1. The first-order chi connectivity index (χ1) is 10.6. The van der Waals surface area contributed by atoms with Gasteiger partial charge in [0.15, 0.2) is 5.82 Å². The molecule has 0 bridgehead atoms. The monoisotopic (exact) mass is 321 g/mol. The molecule has 1 atom stereocenters. The highest BCUT2D eigenvalue weighted by molar-refractivity contribution is 6.30. The maximum absolute atomic E-state index is 11.1. The van der Waals surface area contributed by atoms with Crippen LogP contribution in [0.4, 0.5) is 11.4 Å². The van der Waals surface area contributed by atoms with E-state index in [1.165, 1.54) is 6.07 Å². The van der Waals surface area contributed by atoms with Gasteiger partial charge in [-0.2, -0.15) is 0 Å². The lowest BCUT2D eigenvalue weighted by Crippen LogP contribution is -2.18. The Morgan fingerprint density at radius 2 is 2.23 bits per heavy atom. The summed E-state index contributed by atoms with van der Waals surface area (Å²) in [5, 5.41) is 23.1. The molecule has 22 heavy (non-hydrogen) atoms. The Bertz CT molecular complexity index is 715. The molecule has 0 amide bonds. The van der Waals surface area contributed by atoms with Gasteiger partial charge in [0.2, 0.25) is 0 Å². The van der Waals surface area contributed by atoms with E-state index in [0.29, 0.717) is 10.7 Å². The van der Waals surface area contributed by atoms with Crippen LogP contribution in [0.3, 0.4) is 0 Å². The minimum Gasteiger partial charge on any atom is -0.370 e. The van der Waals surface area contributed by atoms with Crippen molar-refractivity contribution in [2.24, 2.45) is 0 Å². The second kappa shape index (κ2) is 5.92. The number of nitro groups is 1. The van der Waals surface area contributed by atoms with Gasteiger partial charge in [0.25, 0.3) is 5.69 Å². The van der Waals surface area contributed by atoms with Crippen molar-refractivity contribution in [1.82, 2.24) is 14.8 Å². The number of halogens is 1. The molecule has 0 aliphatic carbocycles. The zero-order chi connectivity index (χ0) is 15.7. The summed E-state index contributed by atoms with van der Waals surface area (Å²) in [5.74, 6) is 1.79. The van der Waals surface area contributed by atoms with Crippen LogP contribution in [-0.2, 0) is 13.0 Å². The molecule has 0 unspecified atom stereocenters. The van der Waals surface area contributed by atoms with E-state index in [2.05, 4.69) is 20.1 Å². The summed E-state index contributed by atoms with van der Waals surface area (Å²) in [6, 6.07) is 4.41. The number of hydrogen-bond acceptors (Lipinski definition) is 5. The molecule has 1 aromatic carbocycles. The van der Waals surface area contributed by atoms with Crippen LogP contribution in [0.15, 0.2) is 18.2 Å². The maximum Gasteiger partial charge on any atom is 0.293 e. The molecule has 1 aliphatic rings. The van der Waals surface area contributed by atoms with E-state index in [1.54, 1.807) is 12.1 Å². The van der Waals surface area contributed by atoms with Crippen molar-refractivity contribution in [1.29, 1.82) is 0 Å². The fourth-order valence-corrected chi connectivity index (χ4v) is 2.89. The minimum atomic E-state index is -0.444. The van der Waals surface area contributed by atoms with Crippen LogP contribution in [0.25, 0.3) is 0 Å². The summed E-state index contributed by atoms with van der Waals surface area (Å²) in [4.78, 5) is 10.7. The third-order valence-corrected chi connectivity index (χ3v) is 4.04. The highest BCUT2D eigenvalue weighted by Gasteiger charge is 2.22. The Morgan fingerprint density at radius 1 is 1.41 bits per heavy atom. The number of benzene rings is 1. The fourth-order valence-electron chi connectivity index (χ4n) is 2.73. The number of nitro benzene ring substituents is 1. The van der Waals surface area contributed by atoms with E-state index in [4.69, 9.17) is 11.6 Å². The standard InChI is InChI=1S/C14H16ClN5O2/c1-9(14-18-17-13-4-2-3-7-19(13)14)16-11-6-5-10(15)8-12(11)20(21)22/h5-6,8-9,16H,2-4,7H2,1H3/t9-/m0/s1. The van der Waals surface area contributed by atoms with Gasteiger partial charge in [-0.3, -0.25) is 10.1 Å². The van der Waals surface area contributed by atoms with Crippen molar-refractivity contribution < 1.29 is 4.92 Å². The minimum absolute atomic E-state index is 0.0438. The SMILES string of the molecule is C[C@H](Nc1ccc(Cl)cc1[N+](=O)[O-])c1nnc2n1CCCC2. The summed E-state index contributed by atoms with van der Waals surface area (Å²) in [6.45, 7) is 2.82. The number of nitrogens with one attached hydrogen (secondary N) is 1. The molecule has 1 aliphatic heterocycles. The number of hydrogen-bond donors (Lipinski definition) is 1. The van der Waals surface area contributed by atoms with Crippen LogP contribution in [-0.4, -0.2) is 19.7 Å². The van der Waals surface area contributed by atoms with E-state index in [-0.39, 0.29) is 11.7 Å². The van der Waals surface area contributed by atoms with Crippen molar-refractivity contribution in [3.63, 3.8) is 0 Å². The van der Waals surface area contributed by atoms with E-state index in [0.717, 1.165) is 37.5 Å². The Balaban J connectivity index is 1.87. The first-order valence-corrected chi connectivity index (χ1v) is 7.56. The highest BCUT2D eigenvalue weighted by Crippen LogP contribution is 2.31. The Kier molecular flexibility index (Phi) is 3.98. The molecular formula is C14H16ClN5O2. The summed E-state index contributed by atoms with van der Waals surface area (Å²) in [5.41, 5.74) is 0.382. The zero-order valence-corrected chi connectivity index (χ0v) is 12.9. The lowest BCUT2D eigenvalue weighted by molar-refractivity contribution is -0.384. The van der Waals surface area contributed by atoms with Gasteiger partial charge in [0.1, 0.15) is 11.5 Å². The Morgan fingerprint density at radius 3 is 3.00 bits per heavy atom. The van der Waals surface area contributed by atoms with Crippen molar-refractivity contribution in [3.05, 3.63) is 45.0 Å². The van der Waals surface area contributed by atoms with Crippen LogP contribution in [0.2, 0.25) is 5.02 Å². The smallest absolute Gasteiger partial charge is 0.293 e. The van der Waals surface area contributed by atoms with Crippen LogP contribution in [0.5, 0.6) is 0 Å². The summed E-state index contributed by atoms with van der Waals surface area (Å²) >= 11 is 5.83. The molecule has 3 rings (SSSR count). The van der Waals surface area contributed by atoms with Crippen LogP contribution >= 0.6 is 11.6 Å². The molecular weight excluding hydrogens is 306 g/mol. The number of rotatable bonds is 4. The molecule has 0 radical (unpaired) electrons. The lowest BCUT2D eigenvalue weighted by atomic mass is 10.1.